The van der Waals surface area contributed by atoms with Gasteiger partial charge in [0.1, 0.15) is 0 Å². The fraction of sp³-hybridized carbons (Fsp3) is 0.667. The van der Waals surface area contributed by atoms with Gasteiger partial charge in [0.05, 0.1) is 12.6 Å². The molecule has 1 fully saturated rings. The fourth-order valence-electron chi connectivity index (χ4n) is 2.34. The summed E-state index contributed by atoms with van der Waals surface area (Å²) < 4.78 is 24.2. The van der Waals surface area contributed by atoms with Gasteiger partial charge in [-0.2, -0.15) is 0 Å². The molecule has 7 nitrogen and oxygen atoms in total. The first-order chi connectivity index (χ1) is 9.47. The second-order valence-electron chi connectivity index (χ2n) is 5.05. The minimum absolute atomic E-state index is 0.0117. The molecule has 1 amide bonds. The first-order valence-corrected chi connectivity index (χ1v) is 8.52. The van der Waals surface area contributed by atoms with Crippen LogP contribution in [0.5, 0.6) is 0 Å². The van der Waals surface area contributed by atoms with Crippen LogP contribution in [-0.4, -0.2) is 54.5 Å². The number of hydrogen-bond donors (Lipinski definition) is 2. The Morgan fingerprint density at radius 1 is 1.50 bits per heavy atom. The van der Waals surface area contributed by atoms with Crippen LogP contribution < -0.4 is 5.32 Å². The number of nitrogens with zero attached hydrogens (tertiary/aromatic N) is 2. The maximum Gasteiger partial charge on any atom is 0.223 e. The van der Waals surface area contributed by atoms with E-state index in [1.165, 1.54) is 10.6 Å². The predicted octanol–water partition coefficient (Wildman–Crippen LogP) is -0.260. The number of sulfonamides is 1. The molecule has 0 atom stereocenters. The molecule has 0 unspecified atom stereocenters. The number of rotatable bonds is 5. The Labute approximate surface area is 118 Å². The Morgan fingerprint density at radius 2 is 2.20 bits per heavy atom. The number of carbonyl (C=O) groups is 1. The molecule has 1 aliphatic heterocycles. The van der Waals surface area contributed by atoms with Crippen molar-refractivity contribution in [1.82, 2.24) is 19.6 Å². The van der Waals surface area contributed by atoms with E-state index < -0.39 is 10.0 Å². The summed E-state index contributed by atoms with van der Waals surface area (Å²) in [5.74, 6) is -0.0765. The molecule has 0 bridgehead atoms. The average Bonchev–Trinajstić information content (AvgIpc) is 2.91. The molecule has 2 rings (SSSR count). The number of hydrogen-bond acceptors (Lipinski definition) is 4. The van der Waals surface area contributed by atoms with Crippen molar-refractivity contribution in [1.29, 1.82) is 0 Å². The lowest BCUT2D eigenvalue weighted by Crippen LogP contribution is -2.42. The van der Waals surface area contributed by atoms with Crippen LogP contribution in [-0.2, 0) is 21.2 Å². The van der Waals surface area contributed by atoms with Gasteiger partial charge in [-0.15, -0.1) is 0 Å². The van der Waals surface area contributed by atoms with Gasteiger partial charge in [-0.1, -0.05) is 0 Å². The number of nitrogens with one attached hydrogen (secondary N) is 2. The van der Waals surface area contributed by atoms with Gasteiger partial charge >= 0.3 is 0 Å². The smallest absolute Gasteiger partial charge is 0.223 e. The molecule has 2 N–H and O–H groups in total. The number of carbonyl (C=O) groups excluding carboxylic acids is 1. The molecule has 20 heavy (non-hydrogen) atoms. The van der Waals surface area contributed by atoms with Crippen LogP contribution in [0.3, 0.4) is 0 Å². The highest BCUT2D eigenvalue weighted by Gasteiger charge is 2.28. The zero-order chi connectivity index (χ0) is 14.6. The second-order valence-corrected chi connectivity index (χ2v) is 7.04. The highest BCUT2D eigenvalue weighted by molar-refractivity contribution is 7.88. The molecule has 2 heterocycles. The molecule has 1 aliphatic rings. The lowest BCUT2D eigenvalue weighted by atomic mass is 9.97. The van der Waals surface area contributed by atoms with Gasteiger partial charge in [0.15, 0.2) is 0 Å². The van der Waals surface area contributed by atoms with Crippen LogP contribution in [0.15, 0.2) is 12.5 Å². The molecule has 0 aromatic carbocycles. The maximum atomic E-state index is 12.0. The van der Waals surface area contributed by atoms with Crippen molar-refractivity contribution in [3.8, 4) is 0 Å². The standard InChI is InChI=1S/C12H20N4O3S/c1-20(18,19)16-6-3-10(4-7-16)12(17)14-5-2-11-8-13-9-15-11/h8-10H,2-7H2,1H3,(H,13,15)(H,14,17). The monoisotopic (exact) mass is 300 g/mol. The zero-order valence-corrected chi connectivity index (χ0v) is 12.3. The third-order valence-electron chi connectivity index (χ3n) is 3.54. The summed E-state index contributed by atoms with van der Waals surface area (Å²) >= 11 is 0. The number of piperidine rings is 1. The molecule has 1 saturated heterocycles. The molecule has 1 aromatic heterocycles. The number of aromatic nitrogens is 2. The van der Waals surface area contributed by atoms with Crippen LogP contribution in [0, 0.1) is 5.92 Å². The summed E-state index contributed by atoms with van der Waals surface area (Å²) in [4.78, 5) is 18.9. The lowest BCUT2D eigenvalue weighted by Gasteiger charge is -2.29. The first kappa shape index (κ1) is 15.0. The molecule has 0 aliphatic carbocycles. The van der Waals surface area contributed by atoms with E-state index in [2.05, 4.69) is 15.3 Å². The molecular formula is C12H20N4O3S. The normalized spacial score (nSPS) is 18.1. The predicted molar refractivity (Wildman–Crippen MR) is 74.4 cm³/mol. The summed E-state index contributed by atoms with van der Waals surface area (Å²) in [6.07, 6.45) is 6.44. The Morgan fingerprint density at radius 3 is 2.75 bits per heavy atom. The third-order valence-corrected chi connectivity index (χ3v) is 4.85. The number of H-pyrrole nitrogens is 1. The highest BCUT2D eigenvalue weighted by atomic mass is 32.2. The maximum absolute atomic E-state index is 12.0. The van der Waals surface area contributed by atoms with Crippen molar-refractivity contribution in [2.75, 3.05) is 25.9 Å². The van der Waals surface area contributed by atoms with Gasteiger partial charge in [-0.25, -0.2) is 17.7 Å². The molecule has 0 spiro atoms. The second kappa shape index (κ2) is 6.36. The van der Waals surface area contributed by atoms with E-state index in [1.807, 2.05) is 0 Å². The van der Waals surface area contributed by atoms with Crippen molar-refractivity contribution < 1.29 is 13.2 Å². The topological polar surface area (TPSA) is 95.2 Å². The third kappa shape index (κ3) is 4.04. The largest absolute Gasteiger partial charge is 0.355 e. The minimum atomic E-state index is -3.13. The molecule has 112 valence electrons. The van der Waals surface area contributed by atoms with E-state index in [4.69, 9.17) is 0 Å². The van der Waals surface area contributed by atoms with E-state index in [9.17, 15) is 13.2 Å². The van der Waals surface area contributed by atoms with Gasteiger partial charge in [0.2, 0.25) is 15.9 Å². The summed E-state index contributed by atoms with van der Waals surface area (Å²) in [5.41, 5.74) is 0.984. The quantitative estimate of drug-likeness (QED) is 0.783. The van der Waals surface area contributed by atoms with Gasteiger partial charge in [-0.05, 0) is 12.8 Å². The molecule has 1 aromatic rings. The zero-order valence-electron chi connectivity index (χ0n) is 11.5. The van der Waals surface area contributed by atoms with Crippen LogP contribution in [0.2, 0.25) is 0 Å². The van der Waals surface area contributed by atoms with E-state index >= 15 is 0 Å². The van der Waals surface area contributed by atoms with Gasteiger partial charge in [0.25, 0.3) is 0 Å². The number of imidazole rings is 1. The Bertz CT molecular complexity index is 533. The SMILES string of the molecule is CS(=O)(=O)N1CCC(C(=O)NCCc2cnc[nH]2)CC1. The molecule has 8 heteroatoms. The van der Waals surface area contributed by atoms with Crippen molar-refractivity contribution in [2.45, 2.75) is 19.3 Å². The van der Waals surface area contributed by atoms with Crippen molar-refractivity contribution in [3.63, 3.8) is 0 Å². The average molecular weight is 300 g/mol. The van der Waals surface area contributed by atoms with Gasteiger partial charge in [-0.3, -0.25) is 4.79 Å². The van der Waals surface area contributed by atoms with Gasteiger partial charge < -0.3 is 10.3 Å². The summed E-state index contributed by atoms with van der Waals surface area (Å²) in [6.45, 7) is 1.42. The molecular weight excluding hydrogens is 280 g/mol. The summed E-state index contributed by atoms with van der Waals surface area (Å²) in [7, 11) is -3.13. The molecule has 0 radical (unpaired) electrons. The lowest BCUT2D eigenvalue weighted by molar-refractivity contribution is -0.126. The van der Waals surface area contributed by atoms with E-state index in [1.54, 1.807) is 12.5 Å². The fourth-order valence-corrected chi connectivity index (χ4v) is 3.21. The first-order valence-electron chi connectivity index (χ1n) is 6.67. The van der Waals surface area contributed by atoms with Crippen molar-refractivity contribution in [2.24, 2.45) is 5.92 Å². The van der Waals surface area contributed by atoms with Crippen molar-refractivity contribution in [3.05, 3.63) is 18.2 Å². The van der Waals surface area contributed by atoms with E-state index in [-0.39, 0.29) is 11.8 Å². The van der Waals surface area contributed by atoms with E-state index in [0.717, 1.165) is 5.69 Å². The van der Waals surface area contributed by atoms with Crippen molar-refractivity contribution >= 4 is 15.9 Å². The van der Waals surface area contributed by atoms with Crippen LogP contribution in [0.25, 0.3) is 0 Å². The number of aromatic amines is 1. The Kier molecular flexibility index (Phi) is 4.77. The Balaban J connectivity index is 1.72. The van der Waals surface area contributed by atoms with Crippen LogP contribution in [0.1, 0.15) is 18.5 Å². The summed E-state index contributed by atoms with van der Waals surface area (Å²) in [6, 6.07) is 0. The highest BCUT2D eigenvalue weighted by Crippen LogP contribution is 2.19. The summed E-state index contributed by atoms with van der Waals surface area (Å²) in [5, 5.41) is 2.89. The van der Waals surface area contributed by atoms with Crippen LogP contribution in [0.4, 0.5) is 0 Å². The van der Waals surface area contributed by atoms with Crippen LogP contribution >= 0.6 is 0 Å². The van der Waals surface area contributed by atoms with E-state index in [0.29, 0.717) is 38.9 Å². The Hall–Kier alpha value is -1.41. The number of amides is 1. The van der Waals surface area contributed by atoms with Gasteiger partial charge in [0, 0.05) is 43.9 Å². The molecule has 0 saturated carbocycles. The minimum Gasteiger partial charge on any atom is -0.355 e.